The van der Waals surface area contributed by atoms with Crippen LogP contribution in [0.3, 0.4) is 0 Å². The number of pyridine rings is 1. The zero-order chi connectivity index (χ0) is 18.3. The van der Waals surface area contributed by atoms with Gasteiger partial charge in [-0.05, 0) is 33.3 Å². The Bertz CT molecular complexity index is 967. The molecule has 1 fully saturated rings. The van der Waals surface area contributed by atoms with Crippen LogP contribution in [0.4, 0.5) is 4.79 Å². The fourth-order valence-corrected chi connectivity index (χ4v) is 3.49. The van der Waals surface area contributed by atoms with Gasteiger partial charge in [-0.1, -0.05) is 0 Å². The van der Waals surface area contributed by atoms with Crippen LogP contribution in [0, 0.1) is 6.92 Å². The van der Waals surface area contributed by atoms with Gasteiger partial charge in [0.25, 0.3) is 0 Å². The van der Waals surface area contributed by atoms with E-state index in [1.54, 1.807) is 11.3 Å². The van der Waals surface area contributed by atoms with Crippen LogP contribution in [-0.2, 0) is 4.84 Å². The summed E-state index contributed by atoms with van der Waals surface area (Å²) in [6, 6.07) is 2.05. The van der Waals surface area contributed by atoms with Gasteiger partial charge in [0.05, 0.1) is 17.4 Å². The number of aryl methyl sites for hydroxylation is 1. The first-order valence-corrected chi connectivity index (χ1v) is 8.85. The molecule has 1 saturated heterocycles. The van der Waals surface area contributed by atoms with Crippen LogP contribution < -0.4 is 5.32 Å². The van der Waals surface area contributed by atoms with Gasteiger partial charge in [0.2, 0.25) is 0 Å². The molecule has 1 aliphatic rings. The van der Waals surface area contributed by atoms with Gasteiger partial charge in [-0.15, -0.1) is 5.06 Å². The zero-order valence-electron chi connectivity index (χ0n) is 15.1. The molecule has 8 heteroatoms. The van der Waals surface area contributed by atoms with E-state index in [9.17, 15) is 4.79 Å². The molecular weight excluding hydrogens is 332 g/mol. The van der Waals surface area contributed by atoms with Crippen molar-refractivity contribution in [1.82, 2.24) is 30.3 Å². The highest BCUT2D eigenvalue weighted by Crippen LogP contribution is 2.33. The molecule has 0 aliphatic carbocycles. The summed E-state index contributed by atoms with van der Waals surface area (Å²) < 4.78 is 0. The number of carbonyl (C=O) groups is 1. The SMILES string of the molecule is Cc1nc(C2CCN(OC(=O)NC(C)C)C2)c2c(cnc3[nH]ccc32)n1. The minimum absolute atomic E-state index is 0.0451. The van der Waals surface area contributed by atoms with Crippen molar-refractivity contribution in [2.24, 2.45) is 0 Å². The van der Waals surface area contributed by atoms with Crippen molar-refractivity contribution in [3.8, 4) is 0 Å². The number of rotatable bonds is 3. The predicted molar refractivity (Wildman–Crippen MR) is 97.6 cm³/mol. The summed E-state index contributed by atoms with van der Waals surface area (Å²) in [5, 5.41) is 6.50. The molecule has 2 N–H and O–H groups in total. The third-order valence-corrected chi connectivity index (χ3v) is 4.54. The highest BCUT2D eigenvalue weighted by molar-refractivity contribution is 6.04. The number of amides is 1. The van der Waals surface area contributed by atoms with Crippen LogP contribution in [0.5, 0.6) is 0 Å². The molecule has 1 unspecified atom stereocenters. The Hall–Kier alpha value is -2.74. The van der Waals surface area contributed by atoms with Crippen molar-refractivity contribution < 1.29 is 9.63 Å². The maximum absolute atomic E-state index is 11.8. The largest absolute Gasteiger partial charge is 0.426 e. The quantitative estimate of drug-likeness (QED) is 0.751. The first-order valence-electron chi connectivity index (χ1n) is 8.85. The van der Waals surface area contributed by atoms with Crippen molar-refractivity contribution >= 4 is 28.0 Å². The number of H-pyrrole nitrogens is 1. The molecule has 1 atom stereocenters. The molecule has 3 aromatic heterocycles. The lowest BCUT2D eigenvalue weighted by molar-refractivity contribution is -0.0821. The van der Waals surface area contributed by atoms with E-state index in [-0.39, 0.29) is 12.0 Å². The lowest BCUT2D eigenvalue weighted by Gasteiger charge is -2.17. The Morgan fingerprint density at radius 2 is 2.27 bits per heavy atom. The van der Waals surface area contributed by atoms with Gasteiger partial charge in [0.1, 0.15) is 11.5 Å². The molecule has 0 bridgehead atoms. The van der Waals surface area contributed by atoms with Gasteiger partial charge in [-0.3, -0.25) is 0 Å². The fourth-order valence-electron chi connectivity index (χ4n) is 3.49. The third-order valence-electron chi connectivity index (χ3n) is 4.54. The molecule has 1 aliphatic heterocycles. The molecule has 0 saturated carbocycles. The van der Waals surface area contributed by atoms with E-state index in [1.165, 1.54) is 0 Å². The molecular formula is C18H22N6O2. The van der Waals surface area contributed by atoms with E-state index in [2.05, 4.69) is 20.3 Å². The smallest absolute Gasteiger partial charge is 0.351 e. The average Bonchev–Trinajstić information content (AvgIpc) is 3.21. The summed E-state index contributed by atoms with van der Waals surface area (Å²) in [5.41, 5.74) is 2.67. The molecule has 4 rings (SSSR count). The van der Waals surface area contributed by atoms with Crippen LogP contribution in [0.15, 0.2) is 18.5 Å². The van der Waals surface area contributed by atoms with E-state index >= 15 is 0 Å². The van der Waals surface area contributed by atoms with E-state index in [0.29, 0.717) is 13.1 Å². The minimum Gasteiger partial charge on any atom is -0.351 e. The number of hydrogen-bond acceptors (Lipinski definition) is 6. The second-order valence-corrected chi connectivity index (χ2v) is 6.97. The second-order valence-electron chi connectivity index (χ2n) is 6.97. The standard InChI is InChI=1S/C18H22N6O2/c1-10(2)21-18(25)26-24-7-5-12(9-24)16-15-13-4-6-19-17(13)20-8-14(15)22-11(3)23-16/h4,6,8,10,12H,5,7,9H2,1-3H3,(H,19,20)(H,21,25). The van der Waals surface area contributed by atoms with Crippen LogP contribution in [-0.4, -0.2) is 50.2 Å². The number of hydroxylamine groups is 2. The van der Waals surface area contributed by atoms with Gasteiger partial charge in [0, 0.05) is 42.0 Å². The molecule has 136 valence electrons. The molecule has 3 aromatic rings. The number of aromatic amines is 1. The van der Waals surface area contributed by atoms with Crippen molar-refractivity contribution in [2.45, 2.75) is 39.2 Å². The highest BCUT2D eigenvalue weighted by atomic mass is 16.7. The molecule has 26 heavy (non-hydrogen) atoms. The van der Waals surface area contributed by atoms with Gasteiger partial charge >= 0.3 is 6.09 Å². The Labute approximate surface area is 150 Å². The summed E-state index contributed by atoms with van der Waals surface area (Å²) in [7, 11) is 0. The number of fused-ring (bicyclic) bond motifs is 3. The summed E-state index contributed by atoms with van der Waals surface area (Å²) in [6.07, 6.45) is 4.11. The number of aromatic nitrogens is 4. The predicted octanol–water partition coefficient (Wildman–Crippen LogP) is 2.65. The first-order chi connectivity index (χ1) is 12.5. The van der Waals surface area contributed by atoms with Crippen LogP contribution in [0.1, 0.15) is 37.7 Å². The number of nitrogens with one attached hydrogen (secondary N) is 2. The van der Waals surface area contributed by atoms with Crippen molar-refractivity contribution in [3.05, 3.63) is 30.0 Å². The van der Waals surface area contributed by atoms with Crippen molar-refractivity contribution in [2.75, 3.05) is 13.1 Å². The molecule has 1 amide bonds. The Balaban J connectivity index is 1.65. The van der Waals surface area contributed by atoms with Crippen molar-refractivity contribution in [3.63, 3.8) is 0 Å². The van der Waals surface area contributed by atoms with Crippen LogP contribution >= 0.6 is 0 Å². The molecule has 0 radical (unpaired) electrons. The van der Waals surface area contributed by atoms with Gasteiger partial charge in [0.15, 0.2) is 0 Å². The second kappa shape index (κ2) is 6.53. The zero-order valence-corrected chi connectivity index (χ0v) is 15.1. The normalized spacial score (nSPS) is 18.1. The van der Waals surface area contributed by atoms with Gasteiger partial charge < -0.3 is 15.1 Å². The Morgan fingerprint density at radius 3 is 3.08 bits per heavy atom. The molecule has 4 heterocycles. The monoisotopic (exact) mass is 354 g/mol. The summed E-state index contributed by atoms with van der Waals surface area (Å²) in [6.45, 7) is 7.00. The lowest BCUT2D eigenvalue weighted by Crippen LogP contribution is -2.36. The average molecular weight is 354 g/mol. The maximum atomic E-state index is 11.8. The molecule has 8 nitrogen and oxygen atoms in total. The fraction of sp³-hybridized carbons (Fsp3) is 0.444. The minimum atomic E-state index is -0.415. The number of nitrogens with zero attached hydrogens (tertiary/aromatic N) is 4. The summed E-state index contributed by atoms with van der Waals surface area (Å²) in [5.74, 6) is 0.896. The first kappa shape index (κ1) is 16.7. The summed E-state index contributed by atoms with van der Waals surface area (Å²) >= 11 is 0. The van der Waals surface area contributed by atoms with Crippen molar-refractivity contribution in [1.29, 1.82) is 0 Å². The van der Waals surface area contributed by atoms with E-state index < -0.39 is 6.09 Å². The molecule has 0 spiro atoms. The number of hydrogen-bond donors (Lipinski definition) is 2. The summed E-state index contributed by atoms with van der Waals surface area (Å²) in [4.78, 5) is 34.1. The van der Waals surface area contributed by atoms with Crippen LogP contribution in [0.25, 0.3) is 21.9 Å². The van der Waals surface area contributed by atoms with Crippen LogP contribution in [0.2, 0.25) is 0 Å². The van der Waals surface area contributed by atoms with E-state index in [4.69, 9.17) is 9.82 Å². The Morgan fingerprint density at radius 1 is 1.42 bits per heavy atom. The third kappa shape index (κ3) is 3.08. The number of carbonyl (C=O) groups excluding carboxylic acids is 1. The van der Waals surface area contributed by atoms with Gasteiger partial charge in [-0.25, -0.2) is 19.7 Å². The van der Waals surface area contributed by atoms with Gasteiger partial charge in [-0.2, -0.15) is 0 Å². The van der Waals surface area contributed by atoms with E-state index in [0.717, 1.165) is 39.9 Å². The molecule has 0 aromatic carbocycles. The lowest BCUT2D eigenvalue weighted by atomic mass is 9.99. The topological polar surface area (TPSA) is 96.0 Å². The van der Waals surface area contributed by atoms with E-state index in [1.807, 2.05) is 33.0 Å². The maximum Gasteiger partial charge on any atom is 0.426 e. The highest BCUT2D eigenvalue weighted by Gasteiger charge is 2.30. The Kier molecular flexibility index (Phi) is 4.20.